The van der Waals surface area contributed by atoms with Gasteiger partial charge in [-0.15, -0.1) is 11.3 Å². The predicted molar refractivity (Wildman–Crippen MR) is 109 cm³/mol. The molecule has 1 atom stereocenters. The number of hydrogen-bond acceptors (Lipinski definition) is 6. The minimum atomic E-state index is -0.697. The van der Waals surface area contributed by atoms with Crippen molar-refractivity contribution in [1.82, 2.24) is 9.88 Å². The Morgan fingerprint density at radius 3 is 2.66 bits per heavy atom. The smallest absolute Gasteiger partial charge is 0.295 e. The zero-order valence-electron chi connectivity index (χ0n) is 15.6. The van der Waals surface area contributed by atoms with E-state index in [1.807, 2.05) is 17.5 Å². The van der Waals surface area contributed by atoms with Gasteiger partial charge < -0.3 is 14.7 Å². The number of methoxy groups -OCH3 is 1. The van der Waals surface area contributed by atoms with Crippen molar-refractivity contribution < 1.29 is 19.4 Å². The quantitative estimate of drug-likeness (QED) is 0.396. The van der Waals surface area contributed by atoms with Crippen LogP contribution < -0.4 is 4.74 Å². The van der Waals surface area contributed by atoms with Crippen molar-refractivity contribution in [3.8, 4) is 5.75 Å². The highest BCUT2D eigenvalue weighted by Crippen LogP contribution is 2.42. The van der Waals surface area contributed by atoms with Gasteiger partial charge in [-0.3, -0.25) is 14.6 Å². The van der Waals surface area contributed by atoms with Gasteiger partial charge in [-0.25, -0.2) is 0 Å². The summed E-state index contributed by atoms with van der Waals surface area (Å²) in [4.78, 5) is 32.1. The first kappa shape index (κ1) is 18.9. The number of aliphatic hydroxyl groups excluding tert-OH is 1. The molecule has 1 aliphatic heterocycles. The zero-order chi connectivity index (χ0) is 20.4. The Hall–Kier alpha value is -3.45. The Bertz CT molecular complexity index is 1080. The van der Waals surface area contributed by atoms with Crippen molar-refractivity contribution in [3.05, 3.63) is 87.9 Å². The number of pyridine rings is 1. The second-order valence-corrected chi connectivity index (χ2v) is 7.51. The molecule has 2 aromatic heterocycles. The lowest BCUT2D eigenvalue weighted by molar-refractivity contribution is -0.140. The molecule has 4 rings (SSSR count). The lowest BCUT2D eigenvalue weighted by Gasteiger charge is -2.24. The number of ketones is 1. The first-order valence-electron chi connectivity index (χ1n) is 8.95. The van der Waals surface area contributed by atoms with Crippen LogP contribution in [0, 0.1) is 0 Å². The van der Waals surface area contributed by atoms with Gasteiger partial charge in [0.2, 0.25) is 0 Å². The molecule has 3 heterocycles. The minimum Gasteiger partial charge on any atom is -0.507 e. The summed E-state index contributed by atoms with van der Waals surface area (Å²) >= 11 is 1.43. The molecule has 1 unspecified atom stereocenters. The molecule has 1 saturated heterocycles. The summed E-state index contributed by atoms with van der Waals surface area (Å²) in [5.41, 5.74) is 1.36. The largest absolute Gasteiger partial charge is 0.507 e. The molecule has 1 aliphatic rings. The third-order valence-electron chi connectivity index (χ3n) is 4.80. The number of carbonyl (C=O) groups excluding carboxylic acids is 2. The maximum Gasteiger partial charge on any atom is 0.295 e. The molecule has 1 aromatic carbocycles. The molecule has 29 heavy (non-hydrogen) atoms. The minimum absolute atomic E-state index is 0.0831. The molecule has 0 radical (unpaired) electrons. The van der Waals surface area contributed by atoms with E-state index in [0.717, 1.165) is 10.4 Å². The molecule has 1 N–H and O–H groups in total. The Kier molecular flexibility index (Phi) is 5.14. The van der Waals surface area contributed by atoms with Crippen LogP contribution >= 0.6 is 11.3 Å². The highest BCUT2D eigenvalue weighted by Gasteiger charge is 2.46. The zero-order valence-corrected chi connectivity index (χ0v) is 16.4. The number of benzene rings is 1. The molecule has 1 fully saturated rings. The van der Waals surface area contributed by atoms with Crippen molar-refractivity contribution in [2.24, 2.45) is 0 Å². The number of rotatable bonds is 5. The standard InChI is InChI=1S/C22H18N2O4S/c1-28-16-5-2-4-15(12-16)20(25)18-19(17-6-3-11-29-17)24(22(27)21(18)26)13-14-7-9-23-10-8-14/h2-12,19,25H,13H2,1H3. The Morgan fingerprint density at radius 2 is 1.97 bits per heavy atom. The topological polar surface area (TPSA) is 79.7 Å². The van der Waals surface area contributed by atoms with Gasteiger partial charge in [0.1, 0.15) is 11.5 Å². The monoisotopic (exact) mass is 406 g/mol. The second kappa shape index (κ2) is 7.89. The first-order valence-corrected chi connectivity index (χ1v) is 9.83. The number of Topliss-reactive ketones (excluding diaryl/α,β-unsaturated/α-hetero) is 1. The molecular formula is C22H18N2O4S. The summed E-state index contributed by atoms with van der Waals surface area (Å²) in [7, 11) is 1.53. The van der Waals surface area contributed by atoms with Gasteiger partial charge in [-0.05, 0) is 41.3 Å². The van der Waals surface area contributed by atoms with Crippen LogP contribution in [0.15, 0.2) is 71.9 Å². The lowest BCUT2D eigenvalue weighted by Crippen LogP contribution is -2.28. The fourth-order valence-electron chi connectivity index (χ4n) is 3.40. The Morgan fingerprint density at radius 1 is 1.17 bits per heavy atom. The van der Waals surface area contributed by atoms with E-state index in [-0.39, 0.29) is 17.9 Å². The van der Waals surface area contributed by atoms with E-state index in [1.165, 1.54) is 23.3 Å². The third kappa shape index (κ3) is 3.52. The molecule has 7 heteroatoms. The molecular weight excluding hydrogens is 388 g/mol. The summed E-state index contributed by atoms with van der Waals surface area (Å²) in [6.07, 6.45) is 3.28. The van der Waals surface area contributed by atoms with Gasteiger partial charge >= 0.3 is 0 Å². The van der Waals surface area contributed by atoms with E-state index in [9.17, 15) is 14.7 Å². The van der Waals surface area contributed by atoms with Gasteiger partial charge in [-0.1, -0.05) is 18.2 Å². The van der Waals surface area contributed by atoms with E-state index in [1.54, 1.807) is 48.8 Å². The number of likely N-dealkylation sites (tertiary alicyclic amines) is 1. The summed E-state index contributed by atoms with van der Waals surface area (Å²) < 4.78 is 5.21. The second-order valence-electron chi connectivity index (χ2n) is 6.53. The van der Waals surface area contributed by atoms with Crippen LogP contribution in [0.25, 0.3) is 5.76 Å². The number of amides is 1. The van der Waals surface area contributed by atoms with Crippen molar-refractivity contribution in [2.45, 2.75) is 12.6 Å². The van der Waals surface area contributed by atoms with E-state index in [2.05, 4.69) is 4.98 Å². The number of nitrogens with zero attached hydrogens (tertiary/aromatic N) is 2. The van der Waals surface area contributed by atoms with Crippen LogP contribution in [0.1, 0.15) is 22.0 Å². The van der Waals surface area contributed by atoms with Crippen LogP contribution in [-0.2, 0) is 16.1 Å². The number of aromatic nitrogens is 1. The number of aliphatic hydroxyl groups is 1. The van der Waals surface area contributed by atoms with Crippen molar-refractivity contribution >= 4 is 28.8 Å². The van der Waals surface area contributed by atoms with E-state index >= 15 is 0 Å². The summed E-state index contributed by atoms with van der Waals surface area (Å²) in [6, 6.07) is 13.4. The molecule has 6 nitrogen and oxygen atoms in total. The van der Waals surface area contributed by atoms with Gasteiger partial charge in [0.05, 0.1) is 18.7 Å². The molecule has 0 aliphatic carbocycles. The van der Waals surface area contributed by atoms with Gasteiger partial charge in [0.25, 0.3) is 11.7 Å². The van der Waals surface area contributed by atoms with Crippen molar-refractivity contribution in [2.75, 3.05) is 7.11 Å². The van der Waals surface area contributed by atoms with Crippen LogP contribution in [0.3, 0.4) is 0 Å². The van der Waals surface area contributed by atoms with Crippen LogP contribution in [0.5, 0.6) is 5.75 Å². The van der Waals surface area contributed by atoms with Crippen LogP contribution in [0.2, 0.25) is 0 Å². The third-order valence-corrected chi connectivity index (χ3v) is 5.72. The van der Waals surface area contributed by atoms with Crippen LogP contribution in [-0.4, -0.2) is 33.8 Å². The van der Waals surface area contributed by atoms with Gasteiger partial charge in [0, 0.05) is 29.4 Å². The first-order chi connectivity index (χ1) is 14.1. The summed E-state index contributed by atoms with van der Waals surface area (Å²) in [6.45, 7) is 0.241. The SMILES string of the molecule is COc1cccc(C(O)=C2C(=O)C(=O)N(Cc3ccncc3)C2c2cccs2)c1. The average Bonchev–Trinajstić information content (AvgIpc) is 3.37. The Labute approximate surface area is 171 Å². The van der Waals surface area contributed by atoms with Crippen molar-refractivity contribution in [3.63, 3.8) is 0 Å². The highest BCUT2D eigenvalue weighted by atomic mass is 32.1. The fourth-order valence-corrected chi connectivity index (χ4v) is 4.24. The molecule has 146 valence electrons. The number of hydrogen-bond donors (Lipinski definition) is 1. The molecule has 0 spiro atoms. The normalized spacial score (nSPS) is 18.2. The molecule has 0 bridgehead atoms. The number of ether oxygens (including phenoxy) is 1. The van der Waals surface area contributed by atoms with E-state index < -0.39 is 17.7 Å². The fraction of sp³-hybridized carbons (Fsp3) is 0.136. The Balaban J connectivity index is 1.83. The number of carbonyl (C=O) groups is 2. The molecule has 0 saturated carbocycles. The molecule has 1 amide bonds. The maximum absolute atomic E-state index is 12.9. The summed E-state index contributed by atoms with van der Waals surface area (Å²) in [5, 5.41) is 12.9. The van der Waals surface area contributed by atoms with Gasteiger partial charge in [-0.2, -0.15) is 0 Å². The number of thiophene rings is 1. The van der Waals surface area contributed by atoms with Crippen LogP contribution in [0.4, 0.5) is 0 Å². The van der Waals surface area contributed by atoms with Gasteiger partial charge in [0.15, 0.2) is 0 Å². The highest BCUT2D eigenvalue weighted by molar-refractivity contribution is 7.10. The average molecular weight is 406 g/mol. The maximum atomic E-state index is 12.9. The predicted octanol–water partition coefficient (Wildman–Crippen LogP) is 3.77. The molecule has 3 aromatic rings. The van der Waals surface area contributed by atoms with Crippen molar-refractivity contribution in [1.29, 1.82) is 0 Å². The summed E-state index contributed by atoms with van der Waals surface area (Å²) in [5.74, 6) is -0.993. The lowest BCUT2D eigenvalue weighted by atomic mass is 9.99. The van der Waals surface area contributed by atoms with E-state index in [0.29, 0.717) is 11.3 Å². The van der Waals surface area contributed by atoms with E-state index in [4.69, 9.17) is 4.74 Å².